The van der Waals surface area contributed by atoms with Crippen LogP contribution in [0.5, 0.6) is 0 Å². The molecule has 1 heterocycles. The Morgan fingerprint density at radius 1 is 1.41 bits per heavy atom. The number of aromatic nitrogens is 1. The van der Waals surface area contributed by atoms with Crippen molar-refractivity contribution in [3.63, 3.8) is 0 Å². The van der Waals surface area contributed by atoms with Crippen LogP contribution in [0, 0.1) is 12.7 Å². The zero-order valence-corrected chi connectivity index (χ0v) is 10.4. The summed E-state index contributed by atoms with van der Waals surface area (Å²) < 4.78 is 13.6. The molecule has 0 aliphatic rings. The summed E-state index contributed by atoms with van der Waals surface area (Å²) in [5.74, 6) is -0.485. The van der Waals surface area contributed by atoms with Gasteiger partial charge in [-0.25, -0.2) is 9.37 Å². The quantitative estimate of drug-likeness (QED) is 0.906. The smallest absolute Gasteiger partial charge is 0.126 e. The SMILES string of the molecule is Cc1csc(CC(CO)c2ccccc2F)n1. The number of hydrogen-bond donors (Lipinski definition) is 1. The maximum Gasteiger partial charge on any atom is 0.126 e. The van der Waals surface area contributed by atoms with Crippen LogP contribution in [-0.4, -0.2) is 16.7 Å². The lowest BCUT2D eigenvalue weighted by atomic mass is 9.96. The number of aliphatic hydroxyl groups is 1. The third-order valence-electron chi connectivity index (χ3n) is 2.65. The van der Waals surface area contributed by atoms with Crippen molar-refractivity contribution in [2.45, 2.75) is 19.3 Å². The summed E-state index contributed by atoms with van der Waals surface area (Å²) in [6, 6.07) is 6.58. The Hall–Kier alpha value is -1.26. The highest BCUT2D eigenvalue weighted by molar-refractivity contribution is 7.09. The molecule has 1 unspecified atom stereocenters. The van der Waals surface area contributed by atoms with Gasteiger partial charge in [-0.15, -0.1) is 11.3 Å². The molecule has 0 saturated heterocycles. The fraction of sp³-hybridized carbons (Fsp3) is 0.308. The molecular weight excluding hydrogens is 237 g/mol. The second kappa shape index (κ2) is 5.38. The Morgan fingerprint density at radius 3 is 2.76 bits per heavy atom. The van der Waals surface area contributed by atoms with E-state index in [0.717, 1.165) is 10.7 Å². The minimum absolute atomic E-state index is 0.0699. The topological polar surface area (TPSA) is 33.1 Å². The molecule has 1 atom stereocenters. The van der Waals surface area contributed by atoms with Gasteiger partial charge in [-0.2, -0.15) is 0 Å². The first-order chi connectivity index (χ1) is 8.20. The summed E-state index contributed by atoms with van der Waals surface area (Å²) in [7, 11) is 0. The number of hydrogen-bond acceptors (Lipinski definition) is 3. The Bertz CT molecular complexity index is 498. The van der Waals surface area contributed by atoms with E-state index in [1.807, 2.05) is 12.3 Å². The lowest BCUT2D eigenvalue weighted by Crippen LogP contribution is -2.09. The molecule has 0 aliphatic carbocycles. The van der Waals surface area contributed by atoms with Gasteiger partial charge in [0.1, 0.15) is 5.82 Å². The lowest BCUT2D eigenvalue weighted by Gasteiger charge is -2.13. The second-order valence-electron chi connectivity index (χ2n) is 3.99. The molecule has 1 N–H and O–H groups in total. The van der Waals surface area contributed by atoms with Gasteiger partial charge in [0.05, 0.1) is 11.6 Å². The monoisotopic (exact) mass is 251 g/mol. The van der Waals surface area contributed by atoms with Crippen molar-refractivity contribution >= 4 is 11.3 Å². The van der Waals surface area contributed by atoms with Gasteiger partial charge in [-0.1, -0.05) is 18.2 Å². The normalized spacial score (nSPS) is 12.6. The van der Waals surface area contributed by atoms with Gasteiger partial charge in [0.25, 0.3) is 0 Å². The highest BCUT2D eigenvalue weighted by atomic mass is 32.1. The molecule has 4 heteroatoms. The molecule has 90 valence electrons. The molecule has 0 aliphatic heterocycles. The Morgan fingerprint density at radius 2 is 2.18 bits per heavy atom. The summed E-state index contributed by atoms with van der Waals surface area (Å²) in [5, 5.41) is 12.3. The van der Waals surface area contributed by atoms with Gasteiger partial charge in [-0.05, 0) is 18.6 Å². The first kappa shape index (κ1) is 12.2. The predicted octanol–water partition coefficient (Wildman–Crippen LogP) is 2.91. The van der Waals surface area contributed by atoms with E-state index in [9.17, 15) is 9.50 Å². The van der Waals surface area contributed by atoms with E-state index in [4.69, 9.17) is 0 Å². The van der Waals surface area contributed by atoms with E-state index in [1.165, 1.54) is 6.07 Å². The lowest BCUT2D eigenvalue weighted by molar-refractivity contribution is 0.261. The summed E-state index contributed by atoms with van der Waals surface area (Å²) in [6.45, 7) is 1.86. The summed E-state index contributed by atoms with van der Waals surface area (Å²) in [4.78, 5) is 4.34. The zero-order valence-electron chi connectivity index (χ0n) is 9.56. The average molecular weight is 251 g/mol. The maximum atomic E-state index is 13.6. The summed E-state index contributed by atoms with van der Waals surface area (Å²) in [5.41, 5.74) is 1.53. The first-order valence-corrected chi connectivity index (χ1v) is 6.35. The maximum absolute atomic E-state index is 13.6. The number of nitrogens with zero attached hydrogens (tertiary/aromatic N) is 1. The number of halogens is 1. The van der Waals surface area contributed by atoms with E-state index in [2.05, 4.69) is 4.98 Å². The molecule has 0 bridgehead atoms. The van der Waals surface area contributed by atoms with Crippen LogP contribution in [0.3, 0.4) is 0 Å². The number of rotatable bonds is 4. The van der Waals surface area contributed by atoms with Crippen molar-refractivity contribution in [1.29, 1.82) is 0 Å². The van der Waals surface area contributed by atoms with E-state index < -0.39 is 0 Å². The van der Waals surface area contributed by atoms with Crippen molar-refractivity contribution in [2.75, 3.05) is 6.61 Å². The summed E-state index contributed by atoms with van der Waals surface area (Å²) in [6.07, 6.45) is 0.579. The van der Waals surface area contributed by atoms with Crippen LogP contribution in [0.1, 0.15) is 22.2 Å². The van der Waals surface area contributed by atoms with E-state index in [-0.39, 0.29) is 18.3 Å². The van der Waals surface area contributed by atoms with Crippen molar-refractivity contribution < 1.29 is 9.50 Å². The van der Waals surface area contributed by atoms with E-state index in [1.54, 1.807) is 29.5 Å². The number of thiazole rings is 1. The van der Waals surface area contributed by atoms with E-state index in [0.29, 0.717) is 12.0 Å². The fourth-order valence-electron chi connectivity index (χ4n) is 1.79. The average Bonchev–Trinajstić information content (AvgIpc) is 2.73. The molecule has 0 saturated carbocycles. The van der Waals surface area contributed by atoms with Crippen molar-refractivity contribution in [3.8, 4) is 0 Å². The molecule has 1 aromatic carbocycles. The standard InChI is InChI=1S/C13H14FNOS/c1-9-8-17-13(15-9)6-10(7-16)11-4-2-3-5-12(11)14/h2-5,8,10,16H,6-7H2,1H3. The van der Waals surface area contributed by atoms with Gasteiger partial charge >= 0.3 is 0 Å². The van der Waals surface area contributed by atoms with Gasteiger partial charge < -0.3 is 5.11 Å². The van der Waals surface area contributed by atoms with Gasteiger partial charge in [0.15, 0.2) is 0 Å². The summed E-state index contributed by atoms with van der Waals surface area (Å²) >= 11 is 1.55. The van der Waals surface area contributed by atoms with Crippen LogP contribution in [0.25, 0.3) is 0 Å². The van der Waals surface area contributed by atoms with Crippen LogP contribution in [0.2, 0.25) is 0 Å². The molecule has 2 rings (SSSR count). The number of benzene rings is 1. The number of aliphatic hydroxyl groups excluding tert-OH is 1. The predicted molar refractivity (Wildman–Crippen MR) is 66.8 cm³/mol. The van der Waals surface area contributed by atoms with E-state index >= 15 is 0 Å². The molecule has 0 fully saturated rings. The Labute approximate surface area is 104 Å². The van der Waals surface area contributed by atoms with Crippen LogP contribution in [0.15, 0.2) is 29.6 Å². The molecule has 2 aromatic rings. The first-order valence-electron chi connectivity index (χ1n) is 5.47. The molecule has 0 spiro atoms. The van der Waals surface area contributed by atoms with Gasteiger partial charge in [-0.3, -0.25) is 0 Å². The van der Waals surface area contributed by atoms with Crippen molar-refractivity contribution in [1.82, 2.24) is 4.98 Å². The molecule has 0 radical (unpaired) electrons. The zero-order chi connectivity index (χ0) is 12.3. The minimum atomic E-state index is -0.264. The molecule has 1 aromatic heterocycles. The van der Waals surface area contributed by atoms with Crippen molar-refractivity contribution in [3.05, 3.63) is 51.7 Å². The molecular formula is C13H14FNOS. The third kappa shape index (κ3) is 2.90. The Balaban J connectivity index is 2.20. The van der Waals surface area contributed by atoms with Crippen LogP contribution in [-0.2, 0) is 6.42 Å². The third-order valence-corrected chi connectivity index (χ3v) is 3.64. The van der Waals surface area contributed by atoms with Gasteiger partial charge in [0.2, 0.25) is 0 Å². The van der Waals surface area contributed by atoms with Crippen LogP contribution < -0.4 is 0 Å². The van der Waals surface area contributed by atoms with Crippen LogP contribution >= 0.6 is 11.3 Å². The molecule has 2 nitrogen and oxygen atoms in total. The van der Waals surface area contributed by atoms with Crippen LogP contribution in [0.4, 0.5) is 4.39 Å². The highest BCUT2D eigenvalue weighted by Gasteiger charge is 2.16. The van der Waals surface area contributed by atoms with Crippen molar-refractivity contribution in [2.24, 2.45) is 0 Å². The molecule has 17 heavy (non-hydrogen) atoms. The minimum Gasteiger partial charge on any atom is -0.396 e. The second-order valence-corrected chi connectivity index (χ2v) is 4.93. The highest BCUT2D eigenvalue weighted by Crippen LogP contribution is 2.24. The molecule has 0 amide bonds. The Kier molecular flexibility index (Phi) is 3.86. The largest absolute Gasteiger partial charge is 0.396 e. The van der Waals surface area contributed by atoms with Gasteiger partial charge in [0, 0.05) is 23.4 Å². The number of aryl methyl sites for hydroxylation is 1. The fourth-order valence-corrected chi connectivity index (χ4v) is 2.64.